The first-order chi connectivity index (χ1) is 10.5. The van der Waals surface area contributed by atoms with Gasteiger partial charge in [0.15, 0.2) is 11.5 Å². The molecule has 0 heterocycles. The van der Waals surface area contributed by atoms with Crippen LogP contribution in [-0.2, 0) is 0 Å². The highest BCUT2D eigenvalue weighted by Crippen LogP contribution is 2.34. The van der Waals surface area contributed by atoms with E-state index in [9.17, 15) is 9.90 Å². The number of halogens is 1. The van der Waals surface area contributed by atoms with E-state index in [1.807, 2.05) is 0 Å². The molecule has 114 valence electrons. The van der Waals surface area contributed by atoms with Crippen molar-refractivity contribution < 1.29 is 19.7 Å². The van der Waals surface area contributed by atoms with E-state index in [-0.39, 0.29) is 11.5 Å². The number of amides is 1. The zero-order valence-corrected chi connectivity index (χ0v) is 13.2. The van der Waals surface area contributed by atoms with Gasteiger partial charge in [0.05, 0.1) is 17.8 Å². The number of methoxy groups -OCH3 is 1. The summed E-state index contributed by atoms with van der Waals surface area (Å²) >= 11 is 3.20. The predicted octanol–water partition coefficient (Wildman–Crippen LogP) is 2.63. The second-order valence-corrected chi connectivity index (χ2v) is 5.15. The Bertz CT molecular complexity index is 714. The van der Waals surface area contributed by atoms with E-state index in [0.717, 1.165) is 0 Å². The Kier molecular flexibility index (Phi) is 5.00. The van der Waals surface area contributed by atoms with Gasteiger partial charge in [-0.3, -0.25) is 4.79 Å². The summed E-state index contributed by atoms with van der Waals surface area (Å²) < 4.78 is 5.48. The quantitative estimate of drug-likeness (QED) is 0.574. The van der Waals surface area contributed by atoms with Gasteiger partial charge in [-0.05, 0) is 57.9 Å². The van der Waals surface area contributed by atoms with Crippen LogP contribution in [0.1, 0.15) is 15.9 Å². The van der Waals surface area contributed by atoms with E-state index in [1.165, 1.54) is 37.6 Å². The lowest BCUT2D eigenvalue weighted by Crippen LogP contribution is -2.17. The van der Waals surface area contributed by atoms with E-state index in [2.05, 4.69) is 26.5 Å². The Hall–Kier alpha value is -2.54. The van der Waals surface area contributed by atoms with Crippen molar-refractivity contribution in [1.29, 1.82) is 0 Å². The van der Waals surface area contributed by atoms with Crippen LogP contribution >= 0.6 is 15.9 Å². The van der Waals surface area contributed by atoms with Gasteiger partial charge in [-0.15, -0.1) is 0 Å². The van der Waals surface area contributed by atoms with Crippen LogP contribution in [0.4, 0.5) is 0 Å². The molecule has 0 fully saturated rings. The van der Waals surface area contributed by atoms with Crippen molar-refractivity contribution in [2.75, 3.05) is 7.11 Å². The van der Waals surface area contributed by atoms with E-state index < -0.39 is 5.91 Å². The molecule has 22 heavy (non-hydrogen) atoms. The number of benzene rings is 2. The highest BCUT2D eigenvalue weighted by Gasteiger charge is 2.08. The molecule has 0 bridgehead atoms. The Labute approximate surface area is 135 Å². The molecule has 3 N–H and O–H groups in total. The Morgan fingerprint density at radius 2 is 1.95 bits per heavy atom. The number of ether oxygens (including phenoxy) is 1. The van der Waals surface area contributed by atoms with Gasteiger partial charge in [-0.1, -0.05) is 0 Å². The zero-order chi connectivity index (χ0) is 16.1. The average molecular weight is 365 g/mol. The molecule has 2 aromatic carbocycles. The summed E-state index contributed by atoms with van der Waals surface area (Å²) in [6, 6.07) is 9.02. The van der Waals surface area contributed by atoms with Gasteiger partial charge < -0.3 is 14.9 Å². The molecule has 6 nitrogen and oxygen atoms in total. The van der Waals surface area contributed by atoms with Crippen LogP contribution in [0.2, 0.25) is 0 Å². The summed E-state index contributed by atoms with van der Waals surface area (Å²) in [6.45, 7) is 0. The molecule has 0 aliphatic heterocycles. The van der Waals surface area contributed by atoms with Gasteiger partial charge in [0, 0.05) is 5.56 Å². The molecule has 0 unspecified atom stereocenters. The summed E-state index contributed by atoms with van der Waals surface area (Å²) in [5.74, 6) is -0.0318. The third-order valence-corrected chi connectivity index (χ3v) is 3.38. The molecule has 1 amide bonds. The minimum absolute atomic E-state index is 0.00669. The minimum Gasteiger partial charge on any atom is -0.508 e. The molecule has 0 spiro atoms. The van der Waals surface area contributed by atoms with Crippen molar-refractivity contribution >= 4 is 28.1 Å². The first-order valence-electron chi connectivity index (χ1n) is 6.20. The largest absolute Gasteiger partial charge is 0.508 e. The molecule has 0 aliphatic rings. The van der Waals surface area contributed by atoms with Crippen LogP contribution in [0.15, 0.2) is 46.0 Å². The number of phenols is 2. The lowest BCUT2D eigenvalue weighted by Gasteiger charge is -2.06. The van der Waals surface area contributed by atoms with Gasteiger partial charge in [-0.2, -0.15) is 5.10 Å². The molecule has 0 atom stereocenters. The summed E-state index contributed by atoms with van der Waals surface area (Å²) in [5, 5.41) is 22.7. The number of carbonyl (C=O) groups is 1. The van der Waals surface area contributed by atoms with Crippen molar-refractivity contribution in [3.8, 4) is 17.2 Å². The fourth-order valence-corrected chi connectivity index (χ4v) is 2.13. The Morgan fingerprint density at radius 1 is 1.27 bits per heavy atom. The highest BCUT2D eigenvalue weighted by molar-refractivity contribution is 9.10. The van der Waals surface area contributed by atoms with Crippen molar-refractivity contribution in [1.82, 2.24) is 5.43 Å². The number of aromatic hydroxyl groups is 2. The molecular formula is C15H13BrN2O4. The van der Waals surface area contributed by atoms with Crippen LogP contribution < -0.4 is 10.2 Å². The van der Waals surface area contributed by atoms with E-state index in [1.54, 1.807) is 12.1 Å². The second-order valence-electron chi connectivity index (χ2n) is 4.30. The summed E-state index contributed by atoms with van der Waals surface area (Å²) in [7, 11) is 1.44. The number of phenolic OH excluding ortho intramolecular Hbond substituents is 2. The van der Waals surface area contributed by atoms with Gasteiger partial charge in [0.25, 0.3) is 5.91 Å². The SMILES string of the molecule is COc1cc(/C=N/NC(=O)c2ccc(O)cc2)cc(Br)c1O. The average Bonchev–Trinajstić information content (AvgIpc) is 2.51. The maximum absolute atomic E-state index is 11.8. The van der Waals surface area contributed by atoms with E-state index >= 15 is 0 Å². The van der Waals surface area contributed by atoms with Crippen molar-refractivity contribution in [2.45, 2.75) is 0 Å². The monoisotopic (exact) mass is 364 g/mol. The summed E-state index contributed by atoms with van der Waals surface area (Å²) in [5.41, 5.74) is 3.38. The summed E-state index contributed by atoms with van der Waals surface area (Å²) in [6.07, 6.45) is 1.42. The number of carbonyl (C=O) groups excluding carboxylic acids is 1. The van der Waals surface area contributed by atoms with Crippen LogP contribution in [-0.4, -0.2) is 29.4 Å². The van der Waals surface area contributed by atoms with Crippen LogP contribution in [0.5, 0.6) is 17.2 Å². The van der Waals surface area contributed by atoms with Gasteiger partial charge in [-0.25, -0.2) is 5.43 Å². The zero-order valence-electron chi connectivity index (χ0n) is 11.6. The smallest absolute Gasteiger partial charge is 0.271 e. The Balaban J connectivity index is 2.08. The fourth-order valence-electron chi connectivity index (χ4n) is 1.67. The Morgan fingerprint density at radius 3 is 2.59 bits per heavy atom. The minimum atomic E-state index is -0.402. The highest BCUT2D eigenvalue weighted by atomic mass is 79.9. The maximum Gasteiger partial charge on any atom is 0.271 e. The molecule has 0 aromatic heterocycles. The number of hydrogen-bond acceptors (Lipinski definition) is 5. The molecule has 2 rings (SSSR count). The van der Waals surface area contributed by atoms with Crippen LogP contribution in [0.25, 0.3) is 0 Å². The van der Waals surface area contributed by atoms with Crippen molar-refractivity contribution in [2.24, 2.45) is 5.10 Å². The van der Waals surface area contributed by atoms with Crippen molar-refractivity contribution in [3.05, 3.63) is 52.0 Å². The maximum atomic E-state index is 11.8. The second kappa shape index (κ2) is 6.95. The first kappa shape index (κ1) is 15.8. The van der Waals surface area contributed by atoms with Gasteiger partial charge in [0.1, 0.15) is 5.75 Å². The molecular weight excluding hydrogens is 352 g/mol. The molecule has 0 aliphatic carbocycles. The molecule has 0 saturated heterocycles. The van der Waals surface area contributed by atoms with E-state index in [0.29, 0.717) is 21.3 Å². The third kappa shape index (κ3) is 3.76. The lowest BCUT2D eigenvalue weighted by atomic mass is 10.2. The molecule has 0 saturated carbocycles. The number of hydrazone groups is 1. The predicted molar refractivity (Wildman–Crippen MR) is 85.5 cm³/mol. The van der Waals surface area contributed by atoms with Gasteiger partial charge >= 0.3 is 0 Å². The van der Waals surface area contributed by atoms with Crippen molar-refractivity contribution in [3.63, 3.8) is 0 Å². The molecule has 0 radical (unpaired) electrons. The number of hydrogen-bond donors (Lipinski definition) is 3. The lowest BCUT2D eigenvalue weighted by molar-refractivity contribution is 0.0955. The standard InChI is InChI=1S/C15H13BrN2O4/c1-22-13-7-9(6-12(16)14(13)20)8-17-18-15(21)10-2-4-11(19)5-3-10/h2-8,19-20H,1H3,(H,18,21)/b17-8+. The normalized spacial score (nSPS) is 10.6. The first-order valence-corrected chi connectivity index (χ1v) is 6.99. The molecule has 2 aromatic rings. The third-order valence-electron chi connectivity index (χ3n) is 2.78. The summed E-state index contributed by atoms with van der Waals surface area (Å²) in [4.78, 5) is 11.8. The number of nitrogens with zero attached hydrogens (tertiary/aromatic N) is 1. The van der Waals surface area contributed by atoms with Crippen LogP contribution in [0.3, 0.4) is 0 Å². The number of rotatable bonds is 4. The van der Waals surface area contributed by atoms with Gasteiger partial charge in [0.2, 0.25) is 0 Å². The number of nitrogens with one attached hydrogen (secondary N) is 1. The molecule has 7 heteroatoms. The topological polar surface area (TPSA) is 91.2 Å². The van der Waals surface area contributed by atoms with Crippen LogP contribution in [0, 0.1) is 0 Å². The fraction of sp³-hybridized carbons (Fsp3) is 0.0667. The van der Waals surface area contributed by atoms with E-state index in [4.69, 9.17) is 9.84 Å².